The monoisotopic (exact) mass is 418 g/mol. The molecular weight excluding hydrogens is 388 g/mol. The van der Waals surface area contributed by atoms with E-state index < -0.39 is 6.04 Å². The summed E-state index contributed by atoms with van der Waals surface area (Å²) in [6.45, 7) is 0.641. The van der Waals surface area contributed by atoms with Crippen LogP contribution in [0.5, 0.6) is 0 Å². The van der Waals surface area contributed by atoms with Crippen molar-refractivity contribution >= 4 is 28.7 Å². The smallest absolute Gasteiger partial charge is 0.247 e. The average molecular weight is 419 g/mol. The van der Waals surface area contributed by atoms with Crippen molar-refractivity contribution in [3.63, 3.8) is 0 Å². The molecule has 1 aliphatic carbocycles. The van der Waals surface area contributed by atoms with Crippen LogP contribution in [0, 0.1) is 5.92 Å². The van der Waals surface area contributed by atoms with E-state index in [0.29, 0.717) is 18.9 Å². The quantitative estimate of drug-likeness (QED) is 0.703. The lowest BCUT2D eigenvalue weighted by Gasteiger charge is -2.34. The largest absolute Gasteiger partial charge is 0.383 e. The van der Waals surface area contributed by atoms with Crippen LogP contribution in [-0.2, 0) is 19.1 Å². The van der Waals surface area contributed by atoms with Gasteiger partial charge in [-0.2, -0.15) is 0 Å². The minimum absolute atomic E-state index is 0.0398. The number of hydrogen-bond donors (Lipinski definition) is 1. The van der Waals surface area contributed by atoms with Gasteiger partial charge >= 0.3 is 0 Å². The summed E-state index contributed by atoms with van der Waals surface area (Å²) >= 11 is 1.20. The molecule has 2 fully saturated rings. The Hall–Kier alpha value is -1.86. The van der Waals surface area contributed by atoms with Crippen molar-refractivity contribution in [1.82, 2.24) is 10.2 Å². The molecule has 1 aliphatic heterocycles. The first-order valence-corrected chi connectivity index (χ1v) is 11.4. The Kier molecular flexibility index (Phi) is 8.12. The van der Waals surface area contributed by atoms with Gasteiger partial charge in [-0.05, 0) is 18.4 Å². The lowest BCUT2D eigenvalue weighted by Crippen LogP contribution is -2.49. The first-order chi connectivity index (χ1) is 14.1. The zero-order valence-corrected chi connectivity index (χ0v) is 17.8. The van der Waals surface area contributed by atoms with Crippen molar-refractivity contribution in [1.29, 1.82) is 0 Å². The standard InChI is InChI=1S/C22H30N2O4S/c1-28-13-12-24(22(27)17-14-19(25)29-15-17)20(16-8-4-2-5-9-16)21(26)23-18-10-6-3-7-11-18/h2,4-5,8-9,17-18,20H,3,6-7,10-15H2,1H3,(H,23,26). The lowest BCUT2D eigenvalue weighted by molar-refractivity contribution is -0.145. The third kappa shape index (κ3) is 5.82. The van der Waals surface area contributed by atoms with E-state index in [1.54, 1.807) is 12.0 Å². The summed E-state index contributed by atoms with van der Waals surface area (Å²) < 4.78 is 5.22. The molecular formula is C22H30N2O4S. The second-order valence-electron chi connectivity index (χ2n) is 7.77. The summed E-state index contributed by atoms with van der Waals surface area (Å²) in [6, 6.07) is 8.85. The van der Waals surface area contributed by atoms with E-state index >= 15 is 0 Å². The van der Waals surface area contributed by atoms with Crippen LogP contribution in [-0.4, -0.2) is 53.9 Å². The van der Waals surface area contributed by atoms with E-state index in [4.69, 9.17) is 4.74 Å². The van der Waals surface area contributed by atoms with Crippen LogP contribution in [0.25, 0.3) is 0 Å². The molecule has 1 saturated carbocycles. The van der Waals surface area contributed by atoms with Crippen molar-refractivity contribution in [3.8, 4) is 0 Å². The molecule has 2 amide bonds. The number of carbonyl (C=O) groups is 3. The van der Waals surface area contributed by atoms with Crippen molar-refractivity contribution in [2.24, 2.45) is 5.92 Å². The number of nitrogens with zero attached hydrogens (tertiary/aromatic N) is 1. The molecule has 7 heteroatoms. The second-order valence-corrected chi connectivity index (χ2v) is 8.84. The van der Waals surface area contributed by atoms with Crippen LogP contribution in [0.2, 0.25) is 0 Å². The molecule has 0 aromatic heterocycles. The Bertz CT molecular complexity index is 706. The molecule has 1 aromatic rings. The number of rotatable bonds is 8. The van der Waals surface area contributed by atoms with Gasteiger partial charge in [0.25, 0.3) is 0 Å². The third-order valence-electron chi connectivity index (χ3n) is 5.65. The fraction of sp³-hybridized carbons (Fsp3) is 0.591. The summed E-state index contributed by atoms with van der Waals surface area (Å²) in [5.41, 5.74) is 0.780. The Morgan fingerprint density at radius 1 is 1.21 bits per heavy atom. The highest BCUT2D eigenvalue weighted by atomic mass is 32.2. The molecule has 1 saturated heterocycles. The zero-order chi connectivity index (χ0) is 20.6. The summed E-state index contributed by atoms with van der Waals surface area (Å²) in [6.07, 6.45) is 5.64. The van der Waals surface area contributed by atoms with Crippen LogP contribution in [0.15, 0.2) is 30.3 Å². The molecule has 158 valence electrons. The van der Waals surface area contributed by atoms with Crippen LogP contribution < -0.4 is 5.32 Å². The highest BCUT2D eigenvalue weighted by molar-refractivity contribution is 8.14. The molecule has 2 atom stereocenters. The number of amides is 2. The highest BCUT2D eigenvalue weighted by Crippen LogP contribution is 2.31. The molecule has 2 aliphatic rings. The molecule has 2 unspecified atom stereocenters. The van der Waals surface area contributed by atoms with Crippen molar-refractivity contribution in [2.75, 3.05) is 26.0 Å². The SMILES string of the molecule is COCCN(C(=O)C1CSC(=O)C1)C(C(=O)NC1CCCCC1)c1ccccc1. The Morgan fingerprint density at radius 3 is 2.55 bits per heavy atom. The van der Waals surface area contributed by atoms with E-state index in [-0.39, 0.29) is 35.3 Å². The zero-order valence-electron chi connectivity index (χ0n) is 17.0. The summed E-state index contributed by atoms with van der Waals surface area (Å²) in [5.74, 6) is -0.192. The van der Waals surface area contributed by atoms with Crippen LogP contribution in [0.4, 0.5) is 0 Å². The number of methoxy groups -OCH3 is 1. The van der Waals surface area contributed by atoms with Crippen molar-refractivity contribution < 1.29 is 19.1 Å². The van der Waals surface area contributed by atoms with Crippen LogP contribution in [0.1, 0.15) is 50.1 Å². The Morgan fingerprint density at radius 2 is 1.93 bits per heavy atom. The fourth-order valence-corrected chi connectivity index (χ4v) is 5.06. The van der Waals surface area contributed by atoms with E-state index in [1.165, 1.54) is 18.2 Å². The Balaban J connectivity index is 1.86. The third-order valence-corrected chi connectivity index (χ3v) is 6.71. The van der Waals surface area contributed by atoms with Gasteiger partial charge in [0.15, 0.2) is 5.12 Å². The lowest BCUT2D eigenvalue weighted by atomic mass is 9.94. The van der Waals surface area contributed by atoms with Gasteiger partial charge in [0.1, 0.15) is 6.04 Å². The molecule has 29 heavy (non-hydrogen) atoms. The fourth-order valence-electron chi connectivity index (χ4n) is 4.10. The maximum Gasteiger partial charge on any atom is 0.247 e. The highest BCUT2D eigenvalue weighted by Gasteiger charge is 2.38. The Labute approximate surface area is 176 Å². The molecule has 1 N–H and O–H groups in total. The van der Waals surface area contributed by atoms with Crippen molar-refractivity contribution in [2.45, 2.75) is 50.6 Å². The number of thioether (sulfide) groups is 1. The molecule has 6 nitrogen and oxygen atoms in total. The van der Waals surface area contributed by atoms with E-state index in [2.05, 4.69) is 5.32 Å². The van der Waals surface area contributed by atoms with E-state index in [9.17, 15) is 14.4 Å². The van der Waals surface area contributed by atoms with E-state index in [1.807, 2.05) is 30.3 Å². The topological polar surface area (TPSA) is 75.7 Å². The average Bonchev–Trinajstić information content (AvgIpc) is 3.18. The first-order valence-electron chi connectivity index (χ1n) is 10.4. The summed E-state index contributed by atoms with van der Waals surface area (Å²) in [7, 11) is 1.58. The van der Waals surface area contributed by atoms with Gasteiger partial charge < -0.3 is 15.0 Å². The second kappa shape index (κ2) is 10.8. The van der Waals surface area contributed by atoms with Gasteiger partial charge in [-0.15, -0.1) is 0 Å². The molecule has 0 radical (unpaired) electrons. The first kappa shape index (κ1) is 21.8. The minimum Gasteiger partial charge on any atom is -0.383 e. The predicted molar refractivity (Wildman–Crippen MR) is 113 cm³/mol. The van der Waals surface area contributed by atoms with E-state index in [0.717, 1.165) is 31.2 Å². The summed E-state index contributed by atoms with van der Waals surface area (Å²) in [4.78, 5) is 40.0. The molecule has 0 spiro atoms. The van der Waals surface area contributed by atoms with Gasteiger partial charge in [0.2, 0.25) is 11.8 Å². The molecule has 3 rings (SSSR count). The van der Waals surface area contributed by atoms with Gasteiger partial charge in [-0.1, -0.05) is 61.4 Å². The number of carbonyl (C=O) groups excluding carboxylic acids is 3. The maximum absolute atomic E-state index is 13.4. The number of hydrogen-bond acceptors (Lipinski definition) is 5. The summed E-state index contributed by atoms with van der Waals surface area (Å²) in [5, 5.41) is 3.22. The number of nitrogens with one attached hydrogen (secondary N) is 1. The molecule has 1 aromatic carbocycles. The maximum atomic E-state index is 13.4. The van der Waals surface area contributed by atoms with Crippen LogP contribution in [0.3, 0.4) is 0 Å². The number of benzene rings is 1. The van der Waals surface area contributed by atoms with Gasteiger partial charge in [0, 0.05) is 31.9 Å². The minimum atomic E-state index is -0.721. The number of ether oxygens (including phenoxy) is 1. The van der Waals surface area contributed by atoms with Crippen molar-refractivity contribution in [3.05, 3.63) is 35.9 Å². The normalized spacial score (nSPS) is 21.0. The van der Waals surface area contributed by atoms with Gasteiger partial charge in [0.05, 0.1) is 12.5 Å². The van der Waals surface area contributed by atoms with Gasteiger partial charge in [-0.3, -0.25) is 14.4 Å². The molecule has 1 heterocycles. The molecule has 0 bridgehead atoms. The van der Waals surface area contributed by atoms with Gasteiger partial charge in [-0.25, -0.2) is 0 Å². The predicted octanol–water partition coefficient (Wildman–Crippen LogP) is 2.93. The van der Waals surface area contributed by atoms with Crippen LogP contribution >= 0.6 is 11.8 Å².